The van der Waals surface area contributed by atoms with Crippen LogP contribution >= 0.6 is 15.9 Å². The van der Waals surface area contributed by atoms with E-state index < -0.39 is 10.8 Å². The second-order valence-corrected chi connectivity index (χ2v) is 7.89. The largest absolute Gasteiger partial charge is 0.455 e. The van der Waals surface area contributed by atoms with Crippen molar-refractivity contribution in [3.8, 4) is 0 Å². The second kappa shape index (κ2) is 8.42. The van der Waals surface area contributed by atoms with Gasteiger partial charge in [0, 0.05) is 15.9 Å². The zero-order valence-electron chi connectivity index (χ0n) is 13.6. The van der Waals surface area contributed by atoms with E-state index in [9.17, 15) is 13.4 Å². The van der Waals surface area contributed by atoms with E-state index in [1.54, 1.807) is 36.4 Å². The van der Waals surface area contributed by atoms with Crippen molar-refractivity contribution in [3.05, 3.63) is 88.0 Å². The van der Waals surface area contributed by atoms with Gasteiger partial charge in [-0.1, -0.05) is 28.1 Å². The molecule has 3 aromatic rings. The summed E-state index contributed by atoms with van der Waals surface area (Å²) in [6.07, 6.45) is 0. The molecule has 0 saturated carbocycles. The van der Waals surface area contributed by atoms with Gasteiger partial charge in [-0.15, -0.1) is 0 Å². The molecular weight excluding hydrogens is 421 g/mol. The number of hydrogen-bond donors (Lipinski definition) is 1. The number of rotatable bonds is 6. The lowest BCUT2D eigenvalue weighted by Gasteiger charge is -2.03. The van der Waals surface area contributed by atoms with E-state index in [2.05, 4.69) is 21.2 Å². The van der Waals surface area contributed by atoms with Crippen LogP contribution in [0.25, 0.3) is 0 Å². The third kappa shape index (κ3) is 4.89. The average Bonchev–Trinajstić information content (AvgIpc) is 3.10. The van der Waals surface area contributed by atoms with Crippen molar-refractivity contribution >= 4 is 32.6 Å². The van der Waals surface area contributed by atoms with Crippen LogP contribution in [0.5, 0.6) is 0 Å². The SMILES string of the molecule is O=C(NCc1ccc(F)cc1)c1ccc(CS(=O)c2ccc(Br)cc2)o1. The van der Waals surface area contributed by atoms with E-state index in [1.165, 1.54) is 12.1 Å². The lowest BCUT2D eigenvalue weighted by molar-refractivity contribution is 0.0921. The van der Waals surface area contributed by atoms with Gasteiger partial charge in [-0.05, 0) is 54.1 Å². The number of nitrogens with one attached hydrogen (secondary N) is 1. The average molecular weight is 436 g/mol. The Hall–Kier alpha value is -2.25. The highest BCUT2D eigenvalue weighted by Crippen LogP contribution is 2.18. The molecule has 26 heavy (non-hydrogen) atoms. The van der Waals surface area contributed by atoms with Gasteiger partial charge in [0.25, 0.3) is 5.91 Å². The first kappa shape index (κ1) is 18.5. The van der Waals surface area contributed by atoms with E-state index in [4.69, 9.17) is 4.42 Å². The lowest BCUT2D eigenvalue weighted by atomic mass is 10.2. The van der Waals surface area contributed by atoms with Gasteiger partial charge in [-0.25, -0.2) is 4.39 Å². The maximum Gasteiger partial charge on any atom is 0.287 e. The van der Waals surface area contributed by atoms with E-state index >= 15 is 0 Å². The third-order valence-electron chi connectivity index (χ3n) is 3.60. The molecule has 7 heteroatoms. The van der Waals surface area contributed by atoms with Gasteiger partial charge in [-0.3, -0.25) is 9.00 Å². The van der Waals surface area contributed by atoms with Crippen LogP contribution < -0.4 is 5.32 Å². The molecule has 0 radical (unpaired) electrons. The topological polar surface area (TPSA) is 59.3 Å². The Labute approximate surface area is 161 Å². The summed E-state index contributed by atoms with van der Waals surface area (Å²) in [7, 11) is -1.26. The molecule has 1 atom stereocenters. The third-order valence-corrected chi connectivity index (χ3v) is 5.47. The van der Waals surface area contributed by atoms with Crippen molar-refractivity contribution in [2.24, 2.45) is 0 Å². The van der Waals surface area contributed by atoms with Gasteiger partial charge in [0.1, 0.15) is 11.6 Å². The van der Waals surface area contributed by atoms with Gasteiger partial charge in [0.2, 0.25) is 0 Å². The van der Waals surface area contributed by atoms with Gasteiger partial charge in [0.05, 0.1) is 16.6 Å². The van der Waals surface area contributed by atoms with Crippen LogP contribution in [0.4, 0.5) is 4.39 Å². The molecule has 1 aromatic heterocycles. The molecule has 3 rings (SSSR count). The highest BCUT2D eigenvalue weighted by molar-refractivity contribution is 9.10. The molecule has 0 fully saturated rings. The maximum atomic E-state index is 12.9. The van der Waals surface area contributed by atoms with E-state index in [1.807, 2.05) is 12.1 Å². The fraction of sp³-hybridized carbons (Fsp3) is 0.105. The van der Waals surface area contributed by atoms with Crippen molar-refractivity contribution in [1.82, 2.24) is 5.32 Å². The summed E-state index contributed by atoms with van der Waals surface area (Å²) in [6.45, 7) is 0.264. The first-order valence-electron chi connectivity index (χ1n) is 7.76. The van der Waals surface area contributed by atoms with Crippen molar-refractivity contribution in [2.45, 2.75) is 17.2 Å². The molecular formula is C19H15BrFNO3S. The standard InChI is InChI=1S/C19H15BrFNO3S/c20-14-3-8-17(9-4-14)26(24)12-16-7-10-18(25-16)19(23)22-11-13-1-5-15(21)6-2-13/h1-10H,11-12H2,(H,22,23). The lowest BCUT2D eigenvalue weighted by Crippen LogP contribution is -2.22. The van der Waals surface area contributed by atoms with Crippen LogP contribution in [0.1, 0.15) is 21.9 Å². The van der Waals surface area contributed by atoms with Crippen molar-refractivity contribution in [2.75, 3.05) is 0 Å². The number of halogens is 2. The molecule has 0 bridgehead atoms. The Bertz CT molecular complexity index is 923. The first-order valence-corrected chi connectivity index (χ1v) is 9.88. The van der Waals surface area contributed by atoms with Crippen molar-refractivity contribution < 1.29 is 17.8 Å². The summed E-state index contributed by atoms with van der Waals surface area (Å²) >= 11 is 3.34. The van der Waals surface area contributed by atoms with Gasteiger partial charge < -0.3 is 9.73 Å². The fourth-order valence-electron chi connectivity index (χ4n) is 2.25. The van der Waals surface area contributed by atoms with Crippen LogP contribution in [-0.4, -0.2) is 10.1 Å². The normalized spacial score (nSPS) is 11.9. The summed E-state index contributed by atoms with van der Waals surface area (Å²) in [5.74, 6) is 0.102. The number of hydrogen-bond acceptors (Lipinski definition) is 3. The molecule has 1 unspecified atom stereocenters. The molecule has 0 aliphatic heterocycles. The smallest absolute Gasteiger partial charge is 0.287 e. The summed E-state index contributed by atoms with van der Waals surface area (Å²) in [5.41, 5.74) is 0.780. The minimum absolute atomic E-state index is 0.148. The maximum absolute atomic E-state index is 12.9. The predicted octanol–water partition coefficient (Wildman–Crippen LogP) is 4.42. The Morgan fingerprint density at radius 3 is 2.42 bits per heavy atom. The number of benzene rings is 2. The van der Waals surface area contributed by atoms with Crippen LogP contribution in [0.15, 0.2) is 74.4 Å². The van der Waals surface area contributed by atoms with Crippen molar-refractivity contribution in [3.63, 3.8) is 0 Å². The summed E-state index contributed by atoms with van der Waals surface area (Å²) in [5, 5.41) is 2.70. The summed E-state index contributed by atoms with van der Waals surface area (Å²) in [4.78, 5) is 12.8. The molecule has 0 aliphatic rings. The quantitative estimate of drug-likeness (QED) is 0.623. The van der Waals surface area contributed by atoms with Gasteiger partial charge >= 0.3 is 0 Å². The zero-order chi connectivity index (χ0) is 18.5. The van der Waals surface area contributed by atoms with Crippen LogP contribution in [-0.2, 0) is 23.1 Å². The molecule has 1 amide bonds. The zero-order valence-corrected chi connectivity index (χ0v) is 16.0. The van der Waals surface area contributed by atoms with Gasteiger partial charge in [-0.2, -0.15) is 0 Å². The van der Waals surface area contributed by atoms with Crippen LogP contribution in [0.2, 0.25) is 0 Å². The molecule has 2 aromatic carbocycles. The first-order chi connectivity index (χ1) is 12.5. The summed E-state index contributed by atoms with van der Waals surface area (Å²) < 4.78 is 31.6. The second-order valence-electron chi connectivity index (χ2n) is 5.52. The monoisotopic (exact) mass is 435 g/mol. The predicted molar refractivity (Wildman–Crippen MR) is 101 cm³/mol. The number of amides is 1. The van der Waals surface area contributed by atoms with E-state index in [0.717, 1.165) is 10.0 Å². The van der Waals surface area contributed by atoms with Crippen LogP contribution in [0.3, 0.4) is 0 Å². The highest BCUT2D eigenvalue weighted by Gasteiger charge is 2.13. The molecule has 1 heterocycles. The van der Waals surface area contributed by atoms with Crippen LogP contribution in [0, 0.1) is 5.82 Å². The highest BCUT2D eigenvalue weighted by atomic mass is 79.9. The fourth-order valence-corrected chi connectivity index (χ4v) is 3.53. The molecule has 0 spiro atoms. The molecule has 1 N–H and O–H groups in total. The molecule has 4 nitrogen and oxygen atoms in total. The van der Waals surface area contributed by atoms with E-state index in [-0.39, 0.29) is 29.8 Å². The Kier molecular flexibility index (Phi) is 6.00. The van der Waals surface area contributed by atoms with E-state index in [0.29, 0.717) is 10.7 Å². The molecule has 134 valence electrons. The van der Waals surface area contributed by atoms with Gasteiger partial charge in [0.15, 0.2) is 5.76 Å². The Morgan fingerprint density at radius 1 is 1.04 bits per heavy atom. The Morgan fingerprint density at radius 2 is 1.73 bits per heavy atom. The molecule has 0 saturated heterocycles. The summed E-state index contributed by atoms with van der Waals surface area (Å²) in [6, 6.07) is 16.3. The Balaban J connectivity index is 1.58. The molecule has 0 aliphatic carbocycles. The number of furan rings is 1. The number of carbonyl (C=O) groups excluding carboxylic acids is 1. The number of carbonyl (C=O) groups is 1. The minimum Gasteiger partial charge on any atom is -0.455 e. The van der Waals surface area contributed by atoms with Crippen molar-refractivity contribution in [1.29, 1.82) is 0 Å². The minimum atomic E-state index is -1.26.